The number of likely N-dealkylation sites (tertiary alicyclic amines) is 1. The van der Waals surface area contributed by atoms with Crippen LogP contribution in [0.5, 0.6) is 0 Å². The highest BCUT2D eigenvalue weighted by atomic mass is 32.1. The van der Waals surface area contributed by atoms with Crippen LogP contribution in [0.25, 0.3) is 0 Å². The molecule has 1 aromatic heterocycles. The van der Waals surface area contributed by atoms with Crippen molar-refractivity contribution in [3.05, 3.63) is 16.1 Å². The number of nitrogens with one attached hydrogen (secondary N) is 1. The van der Waals surface area contributed by atoms with E-state index in [9.17, 15) is 9.59 Å². The second-order valence-corrected chi connectivity index (χ2v) is 6.30. The lowest BCUT2D eigenvalue weighted by Gasteiger charge is -2.15. The van der Waals surface area contributed by atoms with Crippen LogP contribution in [0.2, 0.25) is 0 Å². The number of nitrogens with zero attached hydrogens (tertiary/aromatic N) is 2. The van der Waals surface area contributed by atoms with Crippen LogP contribution in [-0.4, -0.2) is 53.5 Å². The van der Waals surface area contributed by atoms with Crippen molar-refractivity contribution in [1.29, 1.82) is 0 Å². The number of rotatable bonds is 5. The molecule has 6 nitrogen and oxygen atoms in total. The molecule has 2 heterocycles. The lowest BCUT2D eigenvalue weighted by molar-refractivity contribution is 0.0526. The third kappa shape index (κ3) is 3.41. The third-order valence-corrected chi connectivity index (χ3v) is 4.63. The Kier molecular flexibility index (Phi) is 4.21. The molecular weight excluding hydrogens is 290 g/mol. The van der Waals surface area contributed by atoms with E-state index in [2.05, 4.69) is 15.2 Å². The molecule has 2 fully saturated rings. The van der Waals surface area contributed by atoms with Crippen LogP contribution in [0.1, 0.15) is 46.5 Å². The summed E-state index contributed by atoms with van der Waals surface area (Å²) in [5, 5.41) is 4.84. The Bertz CT molecular complexity index is 541. The molecule has 1 unspecified atom stereocenters. The first kappa shape index (κ1) is 14.5. The minimum atomic E-state index is -0.470. The molecule has 1 amide bonds. The highest BCUT2D eigenvalue weighted by Gasteiger charge is 2.35. The average Bonchev–Trinajstić information content (AvgIpc) is 3.02. The van der Waals surface area contributed by atoms with Crippen LogP contribution >= 0.6 is 11.3 Å². The number of esters is 1. The van der Waals surface area contributed by atoms with Gasteiger partial charge in [0.25, 0.3) is 5.91 Å². The molecule has 1 saturated heterocycles. The van der Waals surface area contributed by atoms with Crippen LogP contribution in [0.4, 0.5) is 0 Å². The van der Waals surface area contributed by atoms with Gasteiger partial charge in [-0.05, 0) is 26.2 Å². The van der Waals surface area contributed by atoms with Crippen molar-refractivity contribution in [1.82, 2.24) is 15.2 Å². The zero-order valence-corrected chi connectivity index (χ0v) is 12.8. The summed E-state index contributed by atoms with van der Waals surface area (Å²) in [6.45, 7) is 4.02. The lowest BCUT2D eigenvalue weighted by atomic mass is 10.2. The minimum Gasteiger partial charge on any atom is -0.461 e. The van der Waals surface area contributed by atoms with Gasteiger partial charge in [0.05, 0.1) is 6.61 Å². The van der Waals surface area contributed by atoms with E-state index in [-0.39, 0.29) is 17.0 Å². The number of hydrogen-bond acceptors (Lipinski definition) is 6. The molecule has 0 bridgehead atoms. The average molecular weight is 309 g/mol. The monoisotopic (exact) mass is 309 g/mol. The van der Waals surface area contributed by atoms with Crippen LogP contribution in [-0.2, 0) is 4.74 Å². The lowest BCUT2D eigenvalue weighted by Crippen LogP contribution is -2.37. The van der Waals surface area contributed by atoms with Crippen molar-refractivity contribution in [3.63, 3.8) is 0 Å². The molecule has 0 radical (unpaired) electrons. The van der Waals surface area contributed by atoms with Gasteiger partial charge in [-0.15, -0.1) is 11.3 Å². The van der Waals surface area contributed by atoms with Gasteiger partial charge in [0, 0.05) is 30.6 Å². The Hall–Kier alpha value is -1.47. The zero-order valence-electron chi connectivity index (χ0n) is 12.0. The summed E-state index contributed by atoms with van der Waals surface area (Å²) in [6.07, 6.45) is 3.56. The summed E-state index contributed by atoms with van der Waals surface area (Å²) < 4.78 is 4.87. The molecular formula is C14H19N3O3S. The molecule has 114 valence electrons. The molecule has 21 heavy (non-hydrogen) atoms. The van der Waals surface area contributed by atoms with E-state index >= 15 is 0 Å². The van der Waals surface area contributed by atoms with Crippen LogP contribution < -0.4 is 5.32 Å². The van der Waals surface area contributed by atoms with Crippen molar-refractivity contribution >= 4 is 23.2 Å². The Balaban J connectivity index is 1.54. The Labute approximate surface area is 127 Å². The van der Waals surface area contributed by atoms with Crippen molar-refractivity contribution in [2.45, 2.75) is 38.3 Å². The van der Waals surface area contributed by atoms with Gasteiger partial charge in [-0.1, -0.05) is 0 Å². The second kappa shape index (κ2) is 6.11. The number of hydrogen-bond donors (Lipinski definition) is 1. The maximum atomic E-state index is 12.1. The third-order valence-electron chi connectivity index (χ3n) is 3.81. The highest BCUT2D eigenvalue weighted by Crippen LogP contribution is 2.29. The molecule has 0 spiro atoms. The first-order valence-electron chi connectivity index (χ1n) is 7.35. The van der Waals surface area contributed by atoms with Gasteiger partial charge in [0.1, 0.15) is 5.69 Å². The van der Waals surface area contributed by atoms with E-state index in [1.807, 2.05) is 0 Å². The minimum absolute atomic E-state index is 0.186. The maximum Gasteiger partial charge on any atom is 0.367 e. The molecule has 2 aliphatic rings. The molecule has 1 aliphatic heterocycles. The van der Waals surface area contributed by atoms with E-state index < -0.39 is 5.97 Å². The van der Waals surface area contributed by atoms with Crippen molar-refractivity contribution in [2.24, 2.45) is 0 Å². The Morgan fingerprint density at radius 1 is 1.48 bits per heavy atom. The largest absolute Gasteiger partial charge is 0.461 e. The number of thiazole rings is 1. The van der Waals surface area contributed by atoms with Gasteiger partial charge in [-0.2, -0.15) is 0 Å². The van der Waals surface area contributed by atoms with E-state index in [1.54, 1.807) is 12.3 Å². The van der Waals surface area contributed by atoms with Crippen LogP contribution in [0.15, 0.2) is 5.38 Å². The summed E-state index contributed by atoms with van der Waals surface area (Å²) in [4.78, 5) is 30.2. The van der Waals surface area contributed by atoms with Crippen molar-refractivity contribution in [2.75, 3.05) is 19.7 Å². The molecule has 1 aromatic rings. The smallest absolute Gasteiger partial charge is 0.367 e. The van der Waals surface area contributed by atoms with E-state index in [4.69, 9.17) is 4.74 Å². The molecule has 1 aliphatic carbocycles. The molecule has 1 N–H and O–H groups in total. The van der Waals surface area contributed by atoms with Crippen LogP contribution in [0, 0.1) is 0 Å². The van der Waals surface area contributed by atoms with Gasteiger partial charge in [-0.25, -0.2) is 9.78 Å². The number of carbonyl (C=O) groups is 2. The summed E-state index contributed by atoms with van der Waals surface area (Å²) in [6, 6.07) is 0.924. The first-order chi connectivity index (χ1) is 10.2. The summed E-state index contributed by atoms with van der Waals surface area (Å²) >= 11 is 1.14. The van der Waals surface area contributed by atoms with Gasteiger partial charge in [-0.3, -0.25) is 9.69 Å². The van der Waals surface area contributed by atoms with Crippen molar-refractivity contribution in [3.8, 4) is 0 Å². The number of ether oxygens (including phenoxy) is 1. The fourth-order valence-electron chi connectivity index (χ4n) is 2.60. The topological polar surface area (TPSA) is 71.5 Å². The van der Waals surface area contributed by atoms with E-state index in [0.717, 1.165) is 36.9 Å². The summed E-state index contributed by atoms with van der Waals surface area (Å²) in [5.74, 6) is -0.674. The van der Waals surface area contributed by atoms with Crippen molar-refractivity contribution < 1.29 is 14.3 Å². The second-order valence-electron chi connectivity index (χ2n) is 5.44. The van der Waals surface area contributed by atoms with E-state index in [1.165, 1.54) is 12.8 Å². The molecule has 0 aromatic carbocycles. The molecule has 7 heteroatoms. The predicted octanol–water partition coefficient (Wildman–Crippen LogP) is 1.29. The number of carbonyl (C=O) groups excluding carboxylic acids is 2. The summed E-state index contributed by atoms with van der Waals surface area (Å²) in [5.41, 5.74) is 0.299. The maximum absolute atomic E-state index is 12.1. The SMILES string of the molecule is CCOC(=O)c1nc(C(=O)NC2CCN(C3CC3)C2)cs1. The quantitative estimate of drug-likeness (QED) is 0.830. The molecule has 1 atom stereocenters. The number of aromatic nitrogens is 1. The van der Waals surface area contributed by atoms with Gasteiger partial charge >= 0.3 is 5.97 Å². The predicted molar refractivity (Wildman–Crippen MR) is 78.5 cm³/mol. The van der Waals surface area contributed by atoms with Gasteiger partial charge in [0.2, 0.25) is 5.01 Å². The van der Waals surface area contributed by atoms with Crippen LogP contribution in [0.3, 0.4) is 0 Å². The van der Waals surface area contributed by atoms with Gasteiger partial charge in [0.15, 0.2) is 0 Å². The fourth-order valence-corrected chi connectivity index (χ4v) is 3.29. The van der Waals surface area contributed by atoms with Gasteiger partial charge < -0.3 is 10.1 Å². The zero-order chi connectivity index (χ0) is 14.8. The highest BCUT2D eigenvalue weighted by molar-refractivity contribution is 7.11. The Morgan fingerprint density at radius 2 is 2.29 bits per heavy atom. The summed E-state index contributed by atoms with van der Waals surface area (Å²) in [7, 11) is 0. The number of amides is 1. The standard InChI is InChI=1S/C14H19N3O3S/c1-2-20-14(19)13-16-11(8-21-13)12(18)15-9-5-6-17(7-9)10-3-4-10/h8-10H,2-7H2,1H3,(H,15,18). The van der Waals surface area contributed by atoms with E-state index in [0.29, 0.717) is 12.3 Å². The normalized spacial score (nSPS) is 22.2. The fraction of sp³-hybridized carbons (Fsp3) is 0.643. The first-order valence-corrected chi connectivity index (χ1v) is 8.23. The molecule has 1 saturated carbocycles. The molecule has 3 rings (SSSR count). The Morgan fingerprint density at radius 3 is 3.00 bits per heavy atom.